The fourth-order valence-corrected chi connectivity index (χ4v) is 3.39. The number of fused-ring (bicyclic) bond motifs is 3. The standard InChI is InChI=1S/C21H19N5O6/c1-11(19(28)29)32-26-18(27)17-22-20(25-24-17)23-21(30)31-10-16-14-8-4-2-6-12(14)13-7-3-5-9-15(13)16/h2-9,11,16H,10H2,1H3,(H,26,27)(H,28,29)(H2,22,23,24,25,30). The third-order valence-corrected chi connectivity index (χ3v) is 4.93. The molecular weight excluding hydrogens is 418 g/mol. The summed E-state index contributed by atoms with van der Waals surface area (Å²) in [4.78, 5) is 43.3. The number of anilines is 1. The van der Waals surface area contributed by atoms with Crippen LogP contribution in [0.25, 0.3) is 11.1 Å². The first-order valence-corrected chi connectivity index (χ1v) is 9.67. The number of nitrogens with one attached hydrogen (secondary N) is 3. The molecule has 2 amide bonds. The van der Waals surface area contributed by atoms with Gasteiger partial charge < -0.3 is 9.84 Å². The Hall–Kier alpha value is -4.25. The molecule has 0 fully saturated rings. The molecule has 32 heavy (non-hydrogen) atoms. The fraction of sp³-hybridized carbons (Fsp3) is 0.190. The monoisotopic (exact) mass is 437 g/mol. The maximum atomic E-state index is 12.2. The molecule has 11 nitrogen and oxygen atoms in total. The molecule has 1 atom stereocenters. The van der Waals surface area contributed by atoms with Gasteiger partial charge in [0.05, 0.1) is 0 Å². The lowest BCUT2D eigenvalue weighted by Crippen LogP contribution is -2.33. The Bertz CT molecular complexity index is 1130. The lowest BCUT2D eigenvalue weighted by Gasteiger charge is -2.13. The number of hydrogen-bond acceptors (Lipinski definition) is 7. The van der Waals surface area contributed by atoms with E-state index in [2.05, 4.69) is 25.3 Å². The number of aliphatic carboxylic acids is 1. The topological polar surface area (TPSA) is 156 Å². The molecule has 11 heteroatoms. The van der Waals surface area contributed by atoms with E-state index >= 15 is 0 Å². The van der Waals surface area contributed by atoms with Crippen LogP contribution < -0.4 is 10.8 Å². The summed E-state index contributed by atoms with van der Waals surface area (Å²) in [6.07, 6.45) is -2.03. The van der Waals surface area contributed by atoms with Gasteiger partial charge in [0.2, 0.25) is 5.82 Å². The summed E-state index contributed by atoms with van der Waals surface area (Å²) in [5.74, 6) is -2.67. The van der Waals surface area contributed by atoms with Crippen molar-refractivity contribution in [3.8, 4) is 11.1 Å². The highest BCUT2D eigenvalue weighted by molar-refractivity contribution is 5.90. The number of hydroxylamine groups is 1. The van der Waals surface area contributed by atoms with Gasteiger partial charge in [-0.2, -0.15) is 4.98 Å². The number of ether oxygens (including phenoxy) is 1. The molecule has 3 aromatic rings. The fourth-order valence-electron chi connectivity index (χ4n) is 3.39. The molecule has 1 aliphatic rings. The number of amides is 2. The number of carboxylic acid groups (broad SMARTS) is 1. The molecule has 0 saturated carbocycles. The molecule has 0 spiro atoms. The van der Waals surface area contributed by atoms with E-state index in [1.807, 2.05) is 54.0 Å². The van der Waals surface area contributed by atoms with Gasteiger partial charge in [-0.25, -0.2) is 15.1 Å². The third-order valence-electron chi connectivity index (χ3n) is 4.93. The third kappa shape index (κ3) is 4.27. The lowest BCUT2D eigenvalue weighted by atomic mass is 9.98. The number of carbonyl (C=O) groups is 3. The van der Waals surface area contributed by atoms with Gasteiger partial charge in [-0.3, -0.25) is 20.0 Å². The van der Waals surface area contributed by atoms with Crippen LogP contribution in [0.4, 0.5) is 10.7 Å². The predicted molar refractivity (Wildman–Crippen MR) is 111 cm³/mol. The van der Waals surface area contributed by atoms with Crippen LogP contribution in [-0.2, 0) is 14.4 Å². The van der Waals surface area contributed by atoms with Gasteiger partial charge in [0.15, 0.2) is 6.10 Å². The summed E-state index contributed by atoms with van der Waals surface area (Å²) < 4.78 is 5.38. The molecular formula is C21H19N5O6. The van der Waals surface area contributed by atoms with E-state index in [0.29, 0.717) is 0 Å². The summed E-state index contributed by atoms with van der Waals surface area (Å²) in [5.41, 5.74) is 6.31. The second-order valence-corrected chi connectivity index (χ2v) is 6.99. The minimum atomic E-state index is -1.25. The van der Waals surface area contributed by atoms with Crippen molar-refractivity contribution in [2.75, 3.05) is 11.9 Å². The molecule has 2 aromatic carbocycles. The number of rotatable bonds is 7. The van der Waals surface area contributed by atoms with Crippen molar-refractivity contribution in [3.63, 3.8) is 0 Å². The first kappa shape index (κ1) is 21.0. The van der Waals surface area contributed by atoms with Crippen molar-refractivity contribution in [2.45, 2.75) is 18.9 Å². The van der Waals surface area contributed by atoms with E-state index in [1.165, 1.54) is 6.92 Å². The van der Waals surface area contributed by atoms with Crippen LogP contribution in [0.15, 0.2) is 48.5 Å². The number of carboxylic acids is 1. The zero-order valence-electron chi connectivity index (χ0n) is 16.9. The van der Waals surface area contributed by atoms with Gasteiger partial charge >= 0.3 is 18.0 Å². The van der Waals surface area contributed by atoms with Crippen molar-refractivity contribution in [1.82, 2.24) is 20.7 Å². The first-order chi connectivity index (χ1) is 15.4. The number of H-pyrrole nitrogens is 1. The van der Waals surface area contributed by atoms with E-state index in [0.717, 1.165) is 22.3 Å². The number of carbonyl (C=O) groups excluding carboxylic acids is 2. The Morgan fingerprint density at radius 3 is 2.34 bits per heavy atom. The smallest absolute Gasteiger partial charge is 0.414 e. The molecule has 0 saturated heterocycles. The van der Waals surface area contributed by atoms with Gasteiger partial charge in [0, 0.05) is 5.92 Å². The average Bonchev–Trinajstić information content (AvgIpc) is 3.38. The van der Waals surface area contributed by atoms with E-state index in [9.17, 15) is 14.4 Å². The van der Waals surface area contributed by atoms with E-state index in [-0.39, 0.29) is 24.3 Å². The average molecular weight is 437 g/mol. The molecule has 1 heterocycles. The zero-order valence-corrected chi connectivity index (χ0v) is 16.9. The lowest BCUT2D eigenvalue weighted by molar-refractivity contribution is -0.152. The number of nitrogens with zero attached hydrogens (tertiary/aromatic N) is 2. The summed E-state index contributed by atoms with van der Waals surface area (Å²) in [6.45, 7) is 1.35. The summed E-state index contributed by atoms with van der Waals surface area (Å²) in [6, 6.07) is 15.9. The highest BCUT2D eigenvalue weighted by Crippen LogP contribution is 2.44. The Labute approximate surface area is 181 Å². The van der Waals surface area contributed by atoms with Gasteiger partial charge in [0.25, 0.3) is 5.95 Å². The molecule has 4 rings (SSSR count). The van der Waals surface area contributed by atoms with Crippen LogP contribution in [0.3, 0.4) is 0 Å². The quantitative estimate of drug-likeness (QED) is 0.410. The second kappa shape index (κ2) is 8.86. The van der Waals surface area contributed by atoms with Crippen LogP contribution in [0.1, 0.15) is 34.6 Å². The Balaban J connectivity index is 1.34. The van der Waals surface area contributed by atoms with Crippen molar-refractivity contribution in [3.05, 3.63) is 65.5 Å². The molecule has 4 N–H and O–H groups in total. The highest BCUT2D eigenvalue weighted by Gasteiger charge is 2.29. The zero-order chi connectivity index (χ0) is 22.7. The molecule has 0 aliphatic heterocycles. The van der Waals surface area contributed by atoms with E-state index in [4.69, 9.17) is 9.84 Å². The molecule has 1 aromatic heterocycles. The van der Waals surface area contributed by atoms with Crippen molar-refractivity contribution < 1.29 is 29.1 Å². The molecule has 1 aliphatic carbocycles. The van der Waals surface area contributed by atoms with Crippen LogP contribution in [0.5, 0.6) is 0 Å². The molecule has 0 bridgehead atoms. The summed E-state index contributed by atoms with van der Waals surface area (Å²) in [7, 11) is 0. The van der Waals surface area contributed by atoms with Gasteiger partial charge in [-0.15, -0.1) is 5.10 Å². The Morgan fingerprint density at radius 2 is 1.72 bits per heavy atom. The Morgan fingerprint density at radius 1 is 1.09 bits per heavy atom. The first-order valence-electron chi connectivity index (χ1n) is 9.67. The number of hydrogen-bond donors (Lipinski definition) is 4. The molecule has 164 valence electrons. The Kier molecular flexibility index (Phi) is 5.81. The summed E-state index contributed by atoms with van der Waals surface area (Å²) in [5, 5.41) is 17.1. The molecule has 1 unspecified atom stereocenters. The van der Waals surface area contributed by atoms with Crippen molar-refractivity contribution in [1.29, 1.82) is 0 Å². The van der Waals surface area contributed by atoms with Crippen LogP contribution in [0.2, 0.25) is 0 Å². The van der Waals surface area contributed by atoms with Crippen LogP contribution in [0, 0.1) is 0 Å². The van der Waals surface area contributed by atoms with E-state index < -0.39 is 24.1 Å². The van der Waals surface area contributed by atoms with Gasteiger partial charge in [0.1, 0.15) is 6.61 Å². The maximum Gasteiger partial charge on any atom is 0.414 e. The molecule has 0 radical (unpaired) electrons. The van der Waals surface area contributed by atoms with Crippen molar-refractivity contribution >= 4 is 23.9 Å². The number of benzene rings is 2. The van der Waals surface area contributed by atoms with Crippen LogP contribution >= 0.6 is 0 Å². The van der Waals surface area contributed by atoms with E-state index in [1.54, 1.807) is 0 Å². The van der Waals surface area contributed by atoms with Gasteiger partial charge in [-0.05, 0) is 29.2 Å². The minimum Gasteiger partial charge on any atom is -0.479 e. The van der Waals surface area contributed by atoms with Gasteiger partial charge in [-0.1, -0.05) is 48.5 Å². The summed E-state index contributed by atoms with van der Waals surface area (Å²) >= 11 is 0. The van der Waals surface area contributed by atoms with Crippen molar-refractivity contribution in [2.24, 2.45) is 0 Å². The van der Waals surface area contributed by atoms with Crippen LogP contribution in [-0.4, -0.2) is 51.0 Å². The SMILES string of the molecule is CC(ONC(=O)c1nc(NC(=O)OCC2c3ccccc3-c3ccccc32)n[nH]1)C(=O)O. The predicted octanol–water partition coefficient (Wildman–Crippen LogP) is 2.30. The highest BCUT2D eigenvalue weighted by atomic mass is 16.7. The minimum absolute atomic E-state index is 0.102. The largest absolute Gasteiger partial charge is 0.479 e. The number of aromatic nitrogens is 3. The number of aromatic amines is 1. The normalized spacial score (nSPS) is 13.0. The maximum absolute atomic E-state index is 12.2. The second-order valence-electron chi connectivity index (χ2n) is 6.99.